The molecule has 4 rings (SSSR count). The largest absolute Gasteiger partial charge is 0.479 e. The molecule has 4 nitrogen and oxygen atoms in total. The van der Waals surface area contributed by atoms with Crippen LogP contribution in [-0.2, 0) is 4.79 Å². The van der Waals surface area contributed by atoms with Gasteiger partial charge in [0.05, 0.1) is 5.69 Å². The SMILES string of the molecule is CC1Oc2ccc(NCC3CC4C=CC3C4)cc2NC1=O. The van der Waals surface area contributed by atoms with Crippen LogP contribution in [0, 0.1) is 17.8 Å². The van der Waals surface area contributed by atoms with E-state index in [-0.39, 0.29) is 5.91 Å². The van der Waals surface area contributed by atoms with Crippen LogP contribution in [0.15, 0.2) is 30.4 Å². The minimum Gasteiger partial charge on any atom is -0.479 e. The number of hydrogen-bond donors (Lipinski definition) is 2. The van der Waals surface area contributed by atoms with Crippen LogP contribution in [0.1, 0.15) is 19.8 Å². The molecular formula is C17H20N2O2. The highest BCUT2D eigenvalue weighted by Gasteiger charge is 2.35. The highest BCUT2D eigenvalue weighted by atomic mass is 16.5. The smallest absolute Gasteiger partial charge is 0.265 e. The molecule has 1 saturated carbocycles. The normalized spacial score (nSPS) is 32.5. The zero-order chi connectivity index (χ0) is 14.4. The maximum absolute atomic E-state index is 11.7. The van der Waals surface area contributed by atoms with Crippen molar-refractivity contribution < 1.29 is 9.53 Å². The van der Waals surface area contributed by atoms with Crippen LogP contribution in [0.5, 0.6) is 5.75 Å². The van der Waals surface area contributed by atoms with Gasteiger partial charge in [-0.25, -0.2) is 0 Å². The average Bonchev–Trinajstić information content (AvgIpc) is 3.09. The minimum absolute atomic E-state index is 0.0853. The zero-order valence-electron chi connectivity index (χ0n) is 12.1. The van der Waals surface area contributed by atoms with Crippen molar-refractivity contribution in [3.63, 3.8) is 0 Å². The van der Waals surface area contributed by atoms with Gasteiger partial charge in [-0.2, -0.15) is 0 Å². The molecule has 0 saturated heterocycles. The van der Waals surface area contributed by atoms with Gasteiger partial charge in [0.15, 0.2) is 6.10 Å². The van der Waals surface area contributed by atoms with E-state index in [9.17, 15) is 4.79 Å². The summed E-state index contributed by atoms with van der Waals surface area (Å²) in [6.07, 6.45) is 6.96. The number of anilines is 2. The molecule has 1 aromatic rings. The summed E-state index contributed by atoms with van der Waals surface area (Å²) in [4.78, 5) is 11.7. The molecule has 2 aliphatic carbocycles. The molecule has 2 N–H and O–H groups in total. The van der Waals surface area contributed by atoms with E-state index in [4.69, 9.17) is 4.74 Å². The van der Waals surface area contributed by atoms with Gasteiger partial charge < -0.3 is 15.4 Å². The molecule has 0 aromatic heterocycles. The van der Waals surface area contributed by atoms with Crippen LogP contribution in [0.2, 0.25) is 0 Å². The van der Waals surface area contributed by atoms with Gasteiger partial charge in [-0.05, 0) is 55.7 Å². The maximum Gasteiger partial charge on any atom is 0.265 e. The van der Waals surface area contributed by atoms with Crippen LogP contribution in [0.3, 0.4) is 0 Å². The predicted molar refractivity (Wildman–Crippen MR) is 82.5 cm³/mol. The fourth-order valence-corrected chi connectivity index (χ4v) is 3.70. The summed E-state index contributed by atoms with van der Waals surface area (Å²) in [5.41, 5.74) is 1.80. The number of carbonyl (C=O) groups is 1. The Kier molecular flexibility index (Phi) is 2.91. The van der Waals surface area contributed by atoms with Crippen LogP contribution in [-0.4, -0.2) is 18.6 Å². The van der Waals surface area contributed by atoms with E-state index in [2.05, 4.69) is 22.8 Å². The average molecular weight is 284 g/mol. The molecule has 0 spiro atoms. The van der Waals surface area contributed by atoms with E-state index < -0.39 is 6.10 Å². The number of rotatable bonds is 3. The van der Waals surface area contributed by atoms with Crippen molar-refractivity contribution in [1.82, 2.24) is 0 Å². The number of carbonyl (C=O) groups excluding carboxylic acids is 1. The number of amides is 1. The summed E-state index contributed by atoms with van der Waals surface area (Å²) in [6, 6.07) is 5.91. The van der Waals surface area contributed by atoms with E-state index in [1.165, 1.54) is 12.8 Å². The lowest BCUT2D eigenvalue weighted by atomic mass is 9.93. The minimum atomic E-state index is -0.419. The standard InChI is InChI=1S/C17H20N2O2/c1-10-17(20)19-15-8-14(4-5-16(15)21-10)18-9-13-7-11-2-3-12(13)6-11/h2-5,8,10-13,18H,6-7,9H2,1H3,(H,19,20). The Hall–Kier alpha value is -1.97. The monoisotopic (exact) mass is 284 g/mol. The zero-order valence-corrected chi connectivity index (χ0v) is 12.1. The van der Waals surface area contributed by atoms with Crippen LogP contribution >= 0.6 is 0 Å². The first-order valence-electron chi connectivity index (χ1n) is 7.73. The lowest BCUT2D eigenvalue weighted by Crippen LogP contribution is -2.34. The van der Waals surface area contributed by atoms with E-state index in [0.717, 1.165) is 41.4 Å². The number of allylic oxidation sites excluding steroid dienone is 2. The van der Waals surface area contributed by atoms with Gasteiger partial charge in [0.25, 0.3) is 5.91 Å². The second kappa shape index (κ2) is 4.79. The van der Waals surface area contributed by atoms with Crippen molar-refractivity contribution >= 4 is 17.3 Å². The van der Waals surface area contributed by atoms with E-state index in [1.54, 1.807) is 6.92 Å². The Labute approximate surface area is 124 Å². The Balaban J connectivity index is 1.43. The van der Waals surface area contributed by atoms with Gasteiger partial charge in [0, 0.05) is 12.2 Å². The molecule has 1 aliphatic heterocycles. The van der Waals surface area contributed by atoms with Gasteiger partial charge in [-0.15, -0.1) is 0 Å². The maximum atomic E-state index is 11.7. The third-order valence-corrected chi connectivity index (χ3v) is 4.90. The van der Waals surface area contributed by atoms with Gasteiger partial charge in [-0.1, -0.05) is 12.2 Å². The van der Waals surface area contributed by atoms with Crippen molar-refractivity contribution in [3.8, 4) is 5.75 Å². The van der Waals surface area contributed by atoms with E-state index in [1.807, 2.05) is 18.2 Å². The number of fused-ring (bicyclic) bond motifs is 3. The van der Waals surface area contributed by atoms with Gasteiger partial charge in [0.1, 0.15) is 5.75 Å². The highest BCUT2D eigenvalue weighted by molar-refractivity contribution is 5.98. The Morgan fingerprint density at radius 1 is 1.33 bits per heavy atom. The van der Waals surface area contributed by atoms with Gasteiger partial charge in [-0.3, -0.25) is 4.79 Å². The van der Waals surface area contributed by atoms with E-state index >= 15 is 0 Å². The molecule has 3 aliphatic rings. The summed E-state index contributed by atoms with van der Waals surface area (Å²) < 4.78 is 5.57. The highest BCUT2D eigenvalue weighted by Crippen LogP contribution is 2.43. The molecular weight excluding hydrogens is 264 g/mol. The second-order valence-corrected chi connectivity index (χ2v) is 6.38. The summed E-state index contributed by atoms with van der Waals surface area (Å²) in [7, 11) is 0. The van der Waals surface area contributed by atoms with Crippen LogP contribution < -0.4 is 15.4 Å². The topological polar surface area (TPSA) is 50.4 Å². The first kappa shape index (κ1) is 12.7. The molecule has 1 aromatic carbocycles. The van der Waals surface area contributed by atoms with Crippen molar-refractivity contribution in [2.45, 2.75) is 25.9 Å². The molecule has 21 heavy (non-hydrogen) atoms. The van der Waals surface area contributed by atoms with Gasteiger partial charge in [0.2, 0.25) is 0 Å². The molecule has 2 bridgehead atoms. The number of benzene rings is 1. The van der Waals surface area contributed by atoms with Crippen LogP contribution in [0.4, 0.5) is 11.4 Å². The third kappa shape index (κ3) is 2.28. The fourth-order valence-electron chi connectivity index (χ4n) is 3.70. The van der Waals surface area contributed by atoms with Crippen molar-refractivity contribution in [1.29, 1.82) is 0 Å². The van der Waals surface area contributed by atoms with Crippen LogP contribution in [0.25, 0.3) is 0 Å². The molecule has 4 unspecified atom stereocenters. The molecule has 1 amide bonds. The number of ether oxygens (including phenoxy) is 1. The van der Waals surface area contributed by atoms with Crippen molar-refractivity contribution in [3.05, 3.63) is 30.4 Å². The molecule has 0 radical (unpaired) electrons. The van der Waals surface area contributed by atoms with Crippen molar-refractivity contribution in [2.24, 2.45) is 17.8 Å². The number of hydrogen-bond acceptors (Lipinski definition) is 3. The lowest BCUT2D eigenvalue weighted by molar-refractivity contribution is -0.122. The Morgan fingerprint density at radius 2 is 2.24 bits per heavy atom. The summed E-state index contributed by atoms with van der Waals surface area (Å²) in [5.74, 6) is 2.96. The van der Waals surface area contributed by atoms with Crippen molar-refractivity contribution in [2.75, 3.05) is 17.2 Å². The molecule has 1 fully saturated rings. The van der Waals surface area contributed by atoms with Gasteiger partial charge >= 0.3 is 0 Å². The predicted octanol–water partition coefficient (Wildman–Crippen LogP) is 3.03. The molecule has 110 valence electrons. The Bertz CT molecular complexity index is 611. The first-order valence-corrected chi connectivity index (χ1v) is 7.73. The fraction of sp³-hybridized carbons (Fsp3) is 0.471. The lowest BCUT2D eigenvalue weighted by Gasteiger charge is -2.24. The Morgan fingerprint density at radius 3 is 3.00 bits per heavy atom. The summed E-state index contributed by atoms with van der Waals surface area (Å²) >= 11 is 0. The molecule has 1 heterocycles. The summed E-state index contributed by atoms with van der Waals surface area (Å²) in [6.45, 7) is 2.75. The first-order chi connectivity index (χ1) is 10.2. The second-order valence-electron chi connectivity index (χ2n) is 6.38. The number of nitrogens with one attached hydrogen (secondary N) is 2. The molecule has 4 atom stereocenters. The third-order valence-electron chi connectivity index (χ3n) is 4.90. The van der Waals surface area contributed by atoms with E-state index in [0.29, 0.717) is 0 Å². The molecule has 4 heteroatoms. The summed E-state index contributed by atoms with van der Waals surface area (Å²) in [5, 5.41) is 6.40. The quantitative estimate of drug-likeness (QED) is 0.839.